The summed E-state index contributed by atoms with van der Waals surface area (Å²) >= 11 is 0. The normalized spacial score (nSPS) is 9.88. The number of benzene rings is 1. The maximum absolute atomic E-state index is 11.3. The molecule has 2 aromatic heterocycles. The molecule has 7 heteroatoms. The van der Waals surface area contributed by atoms with Crippen molar-refractivity contribution in [3.63, 3.8) is 0 Å². The maximum Gasteiger partial charge on any atom is 0.248 e. The highest BCUT2D eigenvalue weighted by atomic mass is 32.2. The van der Waals surface area contributed by atoms with E-state index in [0.717, 1.165) is 16.5 Å². The van der Waals surface area contributed by atoms with Crippen molar-refractivity contribution in [1.29, 1.82) is 0 Å². The molecule has 3 aromatic rings. The molecule has 0 aliphatic rings. The van der Waals surface area contributed by atoms with Crippen LogP contribution in [0.2, 0.25) is 0 Å². The molecule has 2 heterocycles. The first kappa shape index (κ1) is 19.4. The molecular weight excluding hydrogens is 352 g/mol. The van der Waals surface area contributed by atoms with Gasteiger partial charge >= 0.3 is 0 Å². The molecule has 136 valence electrons. The van der Waals surface area contributed by atoms with Gasteiger partial charge in [0.05, 0.1) is 6.61 Å². The number of hydrogen-bond acceptors (Lipinski definition) is 5. The van der Waals surface area contributed by atoms with Gasteiger partial charge in [0.1, 0.15) is 5.75 Å². The fourth-order valence-electron chi connectivity index (χ4n) is 2.26. The van der Waals surface area contributed by atoms with E-state index in [2.05, 4.69) is 9.97 Å². The minimum absolute atomic E-state index is 0.121. The maximum atomic E-state index is 11.3. The summed E-state index contributed by atoms with van der Waals surface area (Å²) in [6.07, 6.45) is 4.60. The first-order chi connectivity index (χ1) is 12.6. The van der Waals surface area contributed by atoms with E-state index in [1.165, 1.54) is 5.37 Å². The van der Waals surface area contributed by atoms with Crippen LogP contribution in [-0.4, -0.2) is 30.4 Å². The molecule has 3 rings (SSSR count). The highest BCUT2D eigenvalue weighted by molar-refractivity contribution is 7.71. The fourth-order valence-corrected chi connectivity index (χ4v) is 2.62. The molecule has 1 aromatic carbocycles. The molecule has 26 heavy (non-hydrogen) atoms. The van der Waals surface area contributed by atoms with Crippen molar-refractivity contribution in [2.24, 2.45) is 0 Å². The SMILES string of the molecule is Cc1cc(=O)[nH]c2ccc(OCCCC=S(=O)=O)cc12.c1ccncc1. The molecule has 0 amide bonds. The first-order valence-corrected chi connectivity index (χ1v) is 9.23. The van der Waals surface area contributed by atoms with E-state index in [1.54, 1.807) is 30.6 Å². The van der Waals surface area contributed by atoms with Crippen LogP contribution in [0.25, 0.3) is 10.9 Å². The summed E-state index contributed by atoms with van der Waals surface area (Å²) < 4.78 is 26.2. The molecule has 0 saturated carbocycles. The Morgan fingerprint density at radius 1 is 1.15 bits per heavy atom. The lowest BCUT2D eigenvalue weighted by Crippen LogP contribution is -2.05. The van der Waals surface area contributed by atoms with Gasteiger partial charge in [0.15, 0.2) is 0 Å². The van der Waals surface area contributed by atoms with Crippen LogP contribution in [0.15, 0.2) is 59.7 Å². The smallest absolute Gasteiger partial charge is 0.248 e. The number of nitrogens with zero attached hydrogens (tertiary/aromatic N) is 1. The van der Waals surface area contributed by atoms with Crippen LogP contribution in [0.3, 0.4) is 0 Å². The van der Waals surface area contributed by atoms with Crippen LogP contribution >= 0.6 is 0 Å². The Morgan fingerprint density at radius 2 is 1.92 bits per heavy atom. The Morgan fingerprint density at radius 3 is 2.54 bits per heavy atom. The quantitative estimate of drug-likeness (QED) is 0.549. The third kappa shape index (κ3) is 6.52. The number of nitrogens with one attached hydrogen (secondary N) is 1. The number of pyridine rings is 2. The van der Waals surface area contributed by atoms with E-state index < -0.39 is 10.3 Å². The van der Waals surface area contributed by atoms with Crippen molar-refractivity contribution >= 4 is 26.6 Å². The molecule has 0 saturated heterocycles. The van der Waals surface area contributed by atoms with Crippen molar-refractivity contribution < 1.29 is 13.2 Å². The van der Waals surface area contributed by atoms with E-state index in [0.29, 0.717) is 25.2 Å². The number of ether oxygens (including phenoxy) is 1. The minimum atomic E-state index is -2.10. The van der Waals surface area contributed by atoms with Crippen molar-refractivity contribution in [2.45, 2.75) is 19.8 Å². The lowest BCUT2D eigenvalue weighted by molar-refractivity contribution is 0.314. The third-order valence-corrected chi connectivity index (χ3v) is 3.97. The van der Waals surface area contributed by atoms with E-state index in [9.17, 15) is 13.2 Å². The van der Waals surface area contributed by atoms with Crippen LogP contribution in [0.1, 0.15) is 18.4 Å². The molecule has 0 aliphatic carbocycles. The second kappa shape index (κ2) is 10.1. The molecule has 0 aliphatic heterocycles. The predicted molar refractivity (Wildman–Crippen MR) is 103 cm³/mol. The molecule has 0 spiro atoms. The molecule has 6 nitrogen and oxygen atoms in total. The number of unbranched alkanes of at least 4 members (excludes halogenated alkanes) is 1. The summed E-state index contributed by atoms with van der Waals surface area (Å²) in [4.78, 5) is 17.9. The number of hydrogen-bond donors (Lipinski definition) is 1. The zero-order valence-corrected chi connectivity index (χ0v) is 15.2. The molecular formula is C19H20N2O4S. The second-order valence-corrected chi connectivity index (χ2v) is 6.32. The zero-order chi connectivity index (χ0) is 18.8. The fraction of sp³-hybridized carbons (Fsp3) is 0.211. The number of aromatic nitrogens is 2. The number of aryl methyl sites for hydroxylation is 1. The molecule has 0 bridgehead atoms. The van der Waals surface area contributed by atoms with E-state index in [1.807, 2.05) is 31.2 Å². The van der Waals surface area contributed by atoms with Gasteiger partial charge in [-0.3, -0.25) is 9.78 Å². The van der Waals surface area contributed by atoms with Crippen molar-refractivity contribution in [2.75, 3.05) is 6.61 Å². The van der Waals surface area contributed by atoms with E-state index >= 15 is 0 Å². The van der Waals surface area contributed by atoms with E-state index in [4.69, 9.17) is 4.74 Å². The average molecular weight is 372 g/mol. The van der Waals surface area contributed by atoms with Gasteiger partial charge < -0.3 is 9.72 Å². The van der Waals surface area contributed by atoms with Crippen molar-refractivity contribution in [3.8, 4) is 5.75 Å². The van der Waals surface area contributed by atoms with Gasteiger partial charge in [0, 0.05) is 34.7 Å². The van der Waals surface area contributed by atoms with Crippen LogP contribution in [-0.2, 0) is 10.3 Å². The zero-order valence-electron chi connectivity index (χ0n) is 14.4. The van der Waals surface area contributed by atoms with Crippen LogP contribution in [0, 0.1) is 6.92 Å². The summed E-state index contributed by atoms with van der Waals surface area (Å²) in [7, 11) is -2.10. The minimum Gasteiger partial charge on any atom is -0.494 e. The van der Waals surface area contributed by atoms with Gasteiger partial charge in [0.2, 0.25) is 15.9 Å². The lowest BCUT2D eigenvalue weighted by atomic mass is 10.1. The van der Waals surface area contributed by atoms with Crippen LogP contribution in [0.4, 0.5) is 0 Å². The first-order valence-electron chi connectivity index (χ1n) is 8.09. The summed E-state index contributed by atoms with van der Waals surface area (Å²) in [5.74, 6) is 0.705. The monoisotopic (exact) mass is 372 g/mol. The average Bonchev–Trinajstić information content (AvgIpc) is 2.63. The summed E-state index contributed by atoms with van der Waals surface area (Å²) in [5, 5.41) is 2.16. The lowest BCUT2D eigenvalue weighted by Gasteiger charge is -2.07. The van der Waals surface area contributed by atoms with Gasteiger partial charge in [-0.2, -0.15) is 8.42 Å². The number of H-pyrrole nitrogens is 1. The highest BCUT2D eigenvalue weighted by Crippen LogP contribution is 2.21. The topological polar surface area (TPSA) is 89.1 Å². The van der Waals surface area contributed by atoms with Crippen molar-refractivity contribution in [1.82, 2.24) is 9.97 Å². The molecule has 0 atom stereocenters. The van der Waals surface area contributed by atoms with Gasteiger partial charge in [-0.1, -0.05) is 6.07 Å². The predicted octanol–water partition coefficient (Wildman–Crippen LogP) is 2.76. The molecule has 1 N–H and O–H groups in total. The van der Waals surface area contributed by atoms with Crippen LogP contribution in [0.5, 0.6) is 5.75 Å². The molecule has 0 unspecified atom stereocenters. The van der Waals surface area contributed by atoms with Crippen LogP contribution < -0.4 is 10.3 Å². The summed E-state index contributed by atoms with van der Waals surface area (Å²) in [6.45, 7) is 2.32. The molecule has 0 radical (unpaired) electrons. The third-order valence-electron chi connectivity index (χ3n) is 3.46. The number of fused-ring (bicyclic) bond motifs is 1. The standard InChI is InChI=1S/C14H15NO4S.C5H5N/c1-10-8-14(16)15-13-5-4-11(9-12(10)13)19-6-2-3-7-20(17)18;1-2-4-6-5-3-1/h4-5,7-9H,2-3,6H2,1H3,(H,15,16);1-5H. The second-order valence-electron chi connectivity index (χ2n) is 5.47. The Kier molecular flexibility index (Phi) is 7.57. The highest BCUT2D eigenvalue weighted by Gasteiger charge is 2.02. The number of rotatable bonds is 5. The van der Waals surface area contributed by atoms with Crippen molar-refractivity contribution in [3.05, 3.63) is 70.8 Å². The van der Waals surface area contributed by atoms with Gasteiger partial charge in [-0.25, -0.2) is 0 Å². The van der Waals surface area contributed by atoms with Gasteiger partial charge in [0.25, 0.3) is 0 Å². The van der Waals surface area contributed by atoms with Gasteiger partial charge in [-0.05, 0) is 55.7 Å². The van der Waals surface area contributed by atoms with Gasteiger partial charge in [-0.15, -0.1) is 0 Å². The Balaban J connectivity index is 0.000000342. The number of aromatic amines is 1. The molecule has 0 fully saturated rings. The Bertz CT molecular complexity index is 994. The Hall–Kier alpha value is -2.93. The summed E-state index contributed by atoms with van der Waals surface area (Å²) in [5.41, 5.74) is 1.55. The Labute approximate surface area is 153 Å². The van der Waals surface area contributed by atoms with E-state index in [-0.39, 0.29) is 5.56 Å². The summed E-state index contributed by atoms with van der Waals surface area (Å²) in [6, 6.07) is 12.7. The largest absolute Gasteiger partial charge is 0.494 e.